The highest BCUT2D eigenvalue weighted by Crippen LogP contribution is 2.39. The van der Waals surface area contributed by atoms with E-state index in [0.717, 1.165) is 0 Å². The lowest BCUT2D eigenvalue weighted by Gasteiger charge is -2.22. The summed E-state index contributed by atoms with van der Waals surface area (Å²) in [6.45, 7) is 9.28. The second kappa shape index (κ2) is 7.10. The van der Waals surface area contributed by atoms with Gasteiger partial charge >= 0.3 is 13.5 Å². The van der Waals surface area contributed by atoms with E-state index in [1.165, 1.54) is 6.66 Å². The average Bonchev–Trinajstić information content (AvgIpc) is 2.35. The molecule has 0 aromatic heterocycles. The summed E-state index contributed by atoms with van der Waals surface area (Å²) in [7, 11) is -3.14. The Morgan fingerprint density at radius 1 is 1.29 bits per heavy atom. The Morgan fingerprint density at radius 2 is 1.86 bits per heavy atom. The van der Waals surface area contributed by atoms with Crippen LogP contribution >= 0.6 is 7.52 Å². The topological polar surface area (TPSA) is 64.6 Å². The van der Waals surface area contributed by atoms with E-state index in [1.807, 2.05) is 26.8 Å². The zero-order valence-electron chi connectivity index (χ0n) is 13.3. The molecule has 0 spiro atoms. The maximum Gasteiger partial charge on any atom is 0.323 e. The number of hydrogen-bond donors (Lipinski definition) is 1. The molecule has 2 unspecified atom stereocenters. The van der Waals surface area contributed by atoms with Crippen molar-refractivity contribution in [2.24, 2.45) is 5.41 Å². The van der Waals surface area contributed by atoms with E-state index in [1.54, 1.807) is 31.2 Å². The van der Waals surface area contributed by atoms with E-state index in [4.69, 9.17) is 9.26 Å². The number of benzene rings is 1. The molecule has 1 aromatic carbocycles. The molecule has 1 rings (SSSR count). The molecule has 0 aliphatic heterocycles. The van der Waals surface area contributed by atoms with E-state index in [0.29, 0.717) is 12.4 Å². The lowest BCUT2D eigenvalue weighted by atomic mass is 9.99. The molecule has 1 N–H and O–H groups in total. The standard InChI is InChI=1S/C15H24NO4P/c1-12(14(17)19-11-15(2,3)4)16-21(5,18)20-13-9-7-6-8-10-13/h6-10,12H,11H2,1-5H3,(H,16,18). The van der Waals surface area contributed by atoms with Crippen molar-refractivity contribution in [3.8, 4) is 5.75 Å². The Hall–Kier alpha value is -1.32. The minimum atomic E-state index is -3.14. The summed E-state index contributed by atoms with van der Waals surface area (Å²) < 4.78 is 22.9. The number of rotatable bonds is 6. The fraction of sp³-hybridized carbons (Fsp3) is 0.533. The van der Waals surface area contributed by atoms with E-state index in [2.05, 4.69) is 5.09 Å². The molecule has 0 saturated heterocycles. The van der Waals surface area contributed by atoms with Gasteiger partial charge in [0.15, 0.2) is 0 Å². The van der Waals surface area contributed by atoms with Crippen LogP contribution in [-0.4, -0.2) is 25.3 Å². The molecular weight excluding hydrogens is 289 g/mol. The van der Waals surface area contributed by atoms with Gasteiger partial charge in [-0.25, -0.2) is 5.09 Å². The number of ether oxygens (including phenoxy) is 1. The van der Waals surface area contributed by atoms with Gasteiger partial charge in [0, 0.05) is 6.66 Å². The van der Waals surface area contributed by atoms with Gasteiger partial charge in [-0.2, -0.15) is 0 Å². The van der Waals surface area contributed by atoms with Crippen molar-refractivity contribution in [1.29, 1.82) is 0 Å². The smallest absolute Gasteiger partial charge is 0.323 e. The molecule has 1 aromatic rings. The van der Waals surface area contributed by atoms with Crippen LogP contribution in [0.2, 0.25) is 0 Å². The molecule has 5 nitrogen and oxygen atoms in total. The first-order valence-electron chi connectivity index (χ1n) is 6.86. The average molecular weight is 313 g/mol. The summed E-state index contributed by atoms with van der Waals surface area (Å²) in [6, 6.07) is 8.13. The lowest BCUT2D eigenvalue weighted by Crippen LogP contribution is -2.35. The molecule has 0 aliphatic rings. The largest absolute Gasteiger partial charge is 0.464 e. The molecule has 2 atom stereocenters. The zero-order valence-corrected chi connectivity index (χ0v) is 14.1. The minimum Gasteiger partial charge on any atom is -0.464 e. The van der Waals surface area contributed by atoms with Crippen molar-refractivity contribution in [3.05, 3.63) is 30.3 Å². The predicted octanol–water partition coefficient (Wildman–Crippen LogP) is 3.46. The van der Waals surface area contributed by atoms with Crippen LogP contribution in [0, 0.1) is 5.41 Å². The summed E-state index contributed by atoms with van der Waals surface area (Å²) in [5.41, 5.74) is -0.105. The number of esters is 1. The molecule has 0 aliphatic carbocycles. The summed E-state index contributed by atoms with van der Waals surface area (Å²) in [5, 5.41) is 2.70. The molecular formula is C15H24NO4P. The van der Waals surface area contributed by atoms with Gasteiger partial charge in [0.1, 0.15) is 11.8 Å². The molecule has 0 radical (unpaired) electrons. The number of para-hydroxylation sites is 1. The third kappa shape index (κ3) is 7.30. The van der Waals surface area contributed by atoms with Gasteiger partial charge < -0.3 is 9.26 Å². The van der Waals surface area contributed by atoms with E-state index in [9.17, 15) is 9.36 Å². The van der Waals surface area contributed by atoms with Crippen LogP contribution in [0.4, 0.5) is 0 Å². The predicted molar refractivity (Wildman–Crippen MR) is 83.6 cm³/mol. The molecule has 0 amide bonds. The molecule has 21 heavy (non-hydrogen) atoms. The highest BCUT2D eigenvalue weighted by molar-refractivity contribution is 7.56. The van der Waals surface area contributed by atoms with Crippen molar-refractivity contribution in [1.82, 2.24) is 5.09 Å². The Balaban J connectivity index is 2.54. The lowest BCUT2D eigenvalue weighted by molar-refractivity contribution is -0.148. The van der Waals surface area contributed by atoms with Crippen LogP contribution in [0.1, 0.15) is 27.7 Å². The Kier molecular flexibility index (Phi) is 5.99. The van der Waals surface area contributed by atoms with Crippen LogP contribution in [-0.2, 0) is 14.1 Å². The van der Waals surface area contributed by atoms with Gasteiger partial charge in [0.25, 0.3) is 0 Å². The quantitative estimate of drug-likeness (QED) is 0.643. The fourth-order valence-electron chi connectivity index (χ4n) is 1.53. The zero-order chi connectivity index (χ0) is 16.1. The normalized spacial score (nSPS) is 15.9. The highest BCUT2D eigenvalue weighted by Gasteiger charge is 2.26. The van der Waals surface area contributed by atoms with Crippen LogP contribution < -0.4 is 9.61 Å². The Bertz CT molecular complexity index is 510. The van der Waals surface area contributed by atoms with Crippen molar-refractivity contribution in [3.63, 3.8) is 0 Å². The molecule has 0 heterocycles. The number of nitrogens with one attached hydrogen (secondary N) is 1. The van der Waals surface area contributed by atoms with Gasteiger partial charge in [0.2, 0.25) is 0 Å². The number of carbonyl (C=O) groups excluding carboxylic acids is 1. The third-order valence-corrected chi connectivity index (χ3v) is 3.87. The van der Waals surface area contributed by atoms with Crippen LogP contribution in [0.25, 0.3) is 0 Å². The second-order valence-corrected chi connectivity index (χ2v) is 8.40. The summed E-state index contributed by atoms with van der Waals surface area (Å²) in [4.78, 5) is 11.9. The van der Waals surface area contributed by atoms with E-state index >= 15 is 0 Å². The van der Waals surface area contributed by atoms with Gasteiger partial charge in [-0.3, -0.25) is 9.36 Å². The minimum absolute atomic E-state index is 0.105. The SMILES string of the molecule is CC(NP(C)(=O)Oc1ccccc1)C(=O)OCC(C)(C)C. The van der Waals surface area contributed by atoms with Gasteiger partial charge in [-0.1, -0.05) is 39.0 Å². The Morgan fingerprint density at radius 3 is 2.38 bits per heavy atom. The first-order chi connectivity index (χ1) is 9.59. The van der Waals surface area contributed by atoms with Crippen LogP contribution in [0.5, 0.6) is 5.75 Å². The maximum absolute atomic E-state index is 12.4. The van der Waals surface area contributed by atoms with Crippen LogP contribution in [0.15, 0.2) is 30.3 Å². The summed E-state index contributed by atoms with van der Waals surface area (Å²) >= 11 is 0. The first kappa shape index (κ1) is 17.7. The Labute approximate surface area is 126 Å². The monoisotopic (exact) mass is 313 g/mol. The summed E-state index contributed by atoms with van der Waals surface area (Å²) in [6.07, 6.45) is 0. The fourth-order valence-corrected chi connectivity index (χ4v) is 2.91. The third-order valence-electron chi connectivity index (χ3n) is 2.45. The van der Waals surface area contributed by atoms with E-state index < -0.39 is 19.5 Å². The molecule has 0 saturated carbocycles. The first-order valence-corrected chi connectivity index (χ1v) is 8.93. The molecule has 0 fully saturated rings. The van der Waals surface area contributed by atoms with Crippen molar-refractivity contribution in [2.75, 3.05) is 13.3 Å². The van der Waals surface area contributed by atoms with Gasteiger partial charge in [-0.05, 0) is 24.5 Å². The molecule has 118 valence electrons. The second-order valence-electron chi connectivity index (χ2n) is 6.27. The highest BCUT2D eigenvalue weighted by atomic mass is 31.2. The molecule has 6 heteroatoms. The van der Waals surface area contributed by atoms with E-state index in [-0.39, 0.29) is 5.41 Å². The number of hydrogen-bond acceptors (Lipinski definition) is 4. The van der Waals surface area contributed by atoms with Crippen molar-refractivity contribution < 1.29 is 18.6 Å². The maximum atomic E-state index is 12.4. The van der Waals surface area contributed by atoms with Gasteiger partial charge in [0.05, 0.1) is 6.61 Å². The van der Waals surface area contributed by atoms with Crippen molar-refractivity contribution in [2.45, 2.75) is 33.7 Å². The van der Waals surface area contributed by atoms with Gasteiger partial charge in [-0.15, -0.1) is 0 Å². The summed E-state index contributed by atoms with van der Waals surface area (Å²) in [5.74, 6) is 0.0507. The molecule has 0 bridgehead atoms. The number of carbonyl (C=O) groups is 1. The van der Waals surface area contributed by atoms with Crippen LogP contribution in [0.3, 0.4) is 0 Å². The van der Waals surface area contributed by atoms with Crippen molar-refractivity contribution >= 4 is 13.5 Å².